The zero-order chi connectivity index (χ0) is 25.0. The molecule has 0 saturated carbocycles. The summed E-state index contributed by atoms with van der Waals surface area (Å²) in [5.74, 6) is -0.281. The number of carbonyl (C=O) groups excluding carboxylic acids is 1. The van der Waals surface area contributed by atoms with Crippen molar-refractivity contribution in [1.29, 1.82) is 5.26 Å². The maximum atomic E-state index is 14.6. The Kier molecular flexibility index (Phi) is 5.16. The number of carbonyl (C=O) groups is 1. The fourth-order valence-corrected chi connectivity index (χ4v) is 5.65. The van der Waals surface area contributed by atoms with Gasteiger partial charge in [-0.1, -0.05) is 0 Å². The highest BCUT2D eigenvalue weighted by Gasteiger charge is 2.42. The van der Waals surface area contributed by atoms with Crippen LogP contribution in [0.5, 0.6) is 0 Å². The largest absolute Gasteiger partial charge is 0.335 e. The molecule has 0 radical (unpaired) electrons. The van der Waals surface area contributed by atoms with E-state index in [9.17, 15) is 14.4 Å². The minimum atomic E-state index is -0.619. The van der Waals surface area contributed by atoms with Crippen LogP contribution in [-0.2, 0) is 7.05 Å². The lowest BCUT2D eigenvalue weighted by Crippen LogP contribution is -2.43. The van der Waals surface area contributed by atoms with Gasteiger partial charge in [-0.05, 0) is 69.1 Å². The second-order valence-corrected chi connectivity index (χ2v) is 9.84. The summed E-state index contributed by atoms with van der Waals surface area (Å²) in [6.07, 6.45) is 5.06. The summed E-state index contributed by atoms with van der Waals surface area (Å²) in [6.45, 7) is 4.21. The predicted molar refractivity (Wildman–Crippen MR) is 133 cm³/mol. The minimum absolute atomic E-state index is 0.0105. The summed E-state index contributed by atoms with van der Waals surface area (Å²) in [6, 6.07) is 12.1. The predicted octanol–water partition coefficient (Wildman–Crippen LogP) is 3.71. The van der Waals surface area contributed by atoms with E-state index in [-0.39, 0.29) is 17.0 Å². The molecule has 1 N–H and O–H groups in total. The normalized spacial score (nSPS) is 19.4. The molecule has 0 bridgehead atoms. The minimum Gasteiger partial charge on any atom is -0.335 e. The molecule has 182 valence electrons. The Morgan fingerprint density at radius 1 is 1.22 bits per heavy atom. The maximum Gasteiger partial charge on any atom is 0.274 e. The quantitative estimate of drug-likeness (QED) is 0.480. The number of benzene rings is 2. The third-order valence-electron chi connectivity index (χ3n) is 7.49. The van der Waals surface area contributed by atoms with Crippen LogP contribution < -0.4 is 5.32 Å². The summed E-state index contributed by atoms with van der Waals surface area (Å²) in [7, 11) is 1.87. The Balaban J connectivity index is 1.47. The van der Waals surface area contributed by atoms with Crippen molar-refractivity contribution in [3.8, 4) is 23.1 Å². The summed E-state index contributed by atoms with van der Waals surface area (Å²) in [5, 5.41) is 18.2. The first-order valence-corrected chi connectivity index (χ1v) is 12.1. The van der Waals surface area contributed by atoms with Crippen molar-refractivity contribution in [2.45, 2.75) is 31.7 Å². The van der Waals surface area contributed by atoms with Gasteiger partial charge in [0.25, 0.3) is 5.91 Å². The van der Waals surface area contributed by atoms with E-state index in [2.05, 4.69) is 10.4 Å². The molecule has 1 unspecified atom stereocenters. The monoisotopic (exact) mass is 483 g/mol. The molecule has 9 heteroatoms. The second-order valence-electron chi connectivity index (χ2n) is 9.84. The van der Waals surface area contributed by atoms with Gasteiger partial charge in [-0.15, -0.1) is 0 Å². The molecule has 0 aliphatic carbocycles. The molecule has 1 spiro atoms. The molecule has 2 aromatic heterocycles. The van der Waals surface area contributed by atoms with E-state index in [0.717, 1.165) is 42.4 Å². The van der Waals surface area contributed by atoms with E-state index < -0.39 is 5.82 Å². The van der Waals surface area contributed by atoms with Gasteiger partial charge in [0, 0.05) is 48.5 Å². The number of imidazole rings is 1. The van der Waals surface area contributed by atoms with E-state index >= 15 is 0 Å². The SMILES string of the molecule is Cc1c(C(=O)N2CCC3(CCCN3)C2)nc(-c2ccc(C#N)c(F)c2)n1-c1ccc2nn(C)cc2c1. The summed E-state index contributed by atoms with van der Waals surface area (Å²) in [4.78, 5) is 20.4. The smallest absolute Gasteiger partial charge is 0.274 e. The molecule has 2 fully saturated rings. The van der Waals surface area contributed by atoms with Crippen LogP contribution in [0.25, 0.3) is 28.0 Å². The lowest BCUT2D eigenvalue weighted by molar-refractivity contribution is 0.0775. The fraction of sp³-hybridized carbons (Fsp3) is 0.333. The Labute approximate surface area is 208 Å². The first-order chi connectivity index (χ1) is 17.4. The molecule has 4 aromatic rings. The molecule has 36 heavy (non-hydrogen) atoms. The third kappa shape index (κ3) is 3.57. The standard InChI is InChI=1S/C27H26FN7O/c1-17-24(26(36)34-11-9-27(16-34)8-3-10-30-27)31-25(18-4-5-19(14-29)22(28)13-18)35(17)21-6-7-23-20(12-21)15-33(2)32-23/h4-7,12-13,15,30H,3,8-11,16H2,1-2H3. The molecule has 4 heterocycles. The average molecular weight is 484 g/mol. The van der Waals surface area contributed by atoms with Crippen molar-refractivity contribution in [1.82, 2.24) is 29.5 Å². The average Bonchev–Trinajstić information content (AvgIpc) is 3.65. The van der Waals surface area contributed by atoms with Gasteiger partial charge in [-0.3, -0.25) is 14.0 Å². The van der Waals surface area contributed by atoms with Crippen molar-refractivity contribution in [2.75, 3.05) is 19.6 Å². The number of aryl methyl sites for hydroxylation is 1. The van der Waals surface area contributed by atoms with Crippen molar-refractivity contribution < 1.29 is 9.18 Å². The lowest BCUT2D eigenvalue weighted by atomic mass is 9.97. The number of hydrogen-bond acceptors (Lipinski definition) is 5. The van der Waals surface area contributed by atoms with Crippen LogP contribution >= 0.6 is 0 Å². The van der Waals surface area contributed by atoms with Gasteiger partial charge in [-0.2, -0.15) is 10.4 Å². The van der Waals surface area contributed by atoms with E-state index in [1.54, 1.807) is 10.7 Å². The topological polar surface area (TPSA) is 91.8 Å². The Morgan fingerprint density at radius 3 is 2.83 bits per heavy atom. The summed E-state index contributed by atoms with van der Waals surface area (Å²) < 4.78 is 18.2. The van der Waals surface area contributed by atoms with Gasteiger partial charge in [0.2, 0.25) is 0 Å². The van der Waals surface area contributed by atoms with Crippen molar-refractivity contribution >= 4 is 16.8 Å². The zero-order valence-electron chi connectivity index (χ0n) is 20.3. The number of nitrogens with one attached hydrogen (secondary N) is 1. The highest BCUT2D eigenvalue weighted by Crippen LogP contribution is 2.33. The number of halogens is 1. The number of hydrogen-bond donors (Lipinski definition) is 1. The lowest BCUT2D eigenvalue weighted by Gasteiger charge is -2.24. The molecule has 2 saturated heterocycles. The van der Waals surface area contributed by atoms with Gasteiger partial charge in [0.15, 0.2) is 0 Å². The molecular formula is C27H26FN7O. The van der Waals surface area contributed by atoms with Gasteiger partial charge < -0.3 is 10.2 Å². The van der Waals surface area contributed by atoms with Crippen molar-refractivity contribution in [3.05, 3.63) is 65.4 Å². The number of nitriles is 1. The first kappa shape index (κ1) is 22.4. The number of rotatable bonds is 3. The molecular weight excluding hydrogens is 457 g/mol. The van der Waals surface area contributed by atoms with E-state index in [4.69, 9.17) is 4.98 Å². The summed E-state index contributed by atoms with van der Waals surface area (Å²) >= 11 is 0. The van der Waals surface area contributed by atoms with Gasteiger partial charge in [0.1, 0.15) is 23.4 Å². The van der Waals surface area contributed by atoms with Crippen LogP contribution in [0.15, 0.2) is 42.6 Å². The van der Waals surface area contributed by atoms with Crippen LogP contribution in [0.3, 0.4) is 0 Å². The summed E-state index contributed by atoms with van der Waals surface area (Å²) in [5.41, 5.74) is 3.17. The molecule has 1 amide bonds. The molecule has 1 atom stereocenters. The third-order valence-corrected chi connectivity index (χ3v) is 7.49. The first-order valence-electron chi connectivity index (χ1n) is 12.1. The molecule has 2 aliphatic heterocycles. The van der Waals surface area contributed by atoms with Gasteiger partial charge in [-0.25, -0.2) is 9.37 Å². The van der Waals surface area contributed by atoms with Crippen LogP contribution in [-0.4, -0.2) is 55.3 Å². The van der Waals surface area contributed by atoms with E-state index in [0.29, 0.717) is 35.9 Å². The molecule has 2 aliphatic rings. The molecule has 8 nitrogen and oxygen atoms in total. The Morgan fingerprint density at radius 2 is 2.08 bits per heavy atom. The van der Waals surface area contributed by atoms with E-state index in [1.807, 2.05) is 53.9 Å². The number of fused-ring (bicyclic) bond motifs is 1. The fourth-order valence-electron chi connectivity index (χ4n) is 5.65. The van der Waals surface area contributed by atoms with Crippen LogP contribution in [0.1, 0.15) is 41.0 Å². The Hall–Kier alpha value is -4.03. The van der Waals surface area contributed by atoms with Crippen molar-refractivity contribution in [3.63, 3.8) is 0 Å². The van der Waals surface area contributed by atoms with Crippen LogP contribution in [0.2, 0.25) is 0 Å². The highest BCUT2D eigenvalue weighted by atomic mass is 19.1. The van der Waals surface area contributed by atoms with E-state index in [1.165, 1.54) is 12.1 Å². The maximum absolute atomic E-state index is 14.6. The zero-order valence-corrected chi connectivity index (χ0v) is 20.3. The van der Waals surface area contributed by atoms with Crippen LogP contribution in [0, 0.1) is 24.1 Å². The highest BCUT2D eigenvalue weighted by molar-refractivity contribution is 5.95. The molecule has 6 rings (SSSR count). The Bertz CT molecular complexity index is 1550. The number of likely N-dealkylation sites (tertiary alicyclic amines) is 1. The number of aromatic nitrogens is 4. The van der Waals surface area contributed by atoms with Gasteiger partial charge >= 0.3 is 0 Å². The number of nitrogens with zero attached hydrogens (tertiary/aromatic N) is 6. The molecule has 2 aromatic carbocycles. The number of amides is 1. The van der Waals surface area contributed by atoms with Crippen molar-refractivity contribution in [2.24, 2.45) is 7.05 Å². The van der Waals surface area contributed by atoms with Gasteiger partial charge in [0.05, 0.1) is 16.8 Å². The second kappa shape index (κ2) is 8.28. The van der Waals surface area contributed by atoms with Crippen LogP contribution in [0.4, 0.5) is 4.39 Å².